The van der Waals surface area contributed by atoms with E-state index in [1.807, 2.05) is 6.20 Å². The number of carbonyl (C=O) groups excluding carboxylic acids is 1. The first-order valence-electron chi connectivity index (χ1n) is 7.17. The van der Waals surface area contributed by atoms with Crippen LogP contribution in [0.4, 0.5) is 5.69 Å². The number of nitrogens with one attached hydrogen (secondary N) is 1. The second-order valence-corrected chi connectivity index (χ2v) is 6.77. The highest BCUT2D eigenvalue weighted by atomic mass is 16.3. The number of phenols is 1. The molecule has 2 saturated carbocycles. The molecule has 2 N–H and O–H groups in total. The van der Waals surface area contributed by atoms with E-state index in [-0.39, 0.29) is 16.6 Å². The first-order valence-corrected chi connectivity index (χ1v) is 7.17. The summed E-state index contributed by atoms with van der Waals surface area (Å²) < 4.78 is 0. The third-order valence-corrected chi connectivity index (χ3v) is 5.63. The lowest BCUT2D eigenvalue weighted by Gasteiger charge is -2.31. The lowest BCUT2D eigenvalue weighted by atomic mass is 9.70. The molecule has 3 rings (SSSR count). The van der Waals surface area contributed by atoms with Gasteiger partial charge in [-0.1, -0.05) is 20.8 Å². The first-order chi connectivity index (χ1) is 9.36. The summed E-state index contributed by atoms with van der Waals surface area (Å²) in [4.78, 5) is 12.6. The van der Waals surface area contributed by atoms with Crippen LogP contribution in [0.2, 0.25) is 0 Å². The molecule has 0 unspecified atom stereocenters. The Balaban J connectivity index is 1.87. The van der Waals surface area contributed by atoms with Gasteiger partial charge in [0, 0.05) is 22.9 Å². The van der Waals surface area contributed by atoms with E-state index in [0.29, 0.717) is 11.7 Å². The molecule has 2 aliphatic rings. The number of carbonyl (C=O) groups is 1. The second kappa shape index (κ2) is 4.11. The molecule has 0 radical (unpaired) electrons. The Labute approximate surface area is 119 Å². The molecule has 3 heteroatoms. The molecule has 106 valence electrons. The number of fused-ring (bicyclic) bond motifs is 2. The maximum absolute atomic E-state index is 12.6. The largest absolute Gasteiger partial charge is 0.508 e. The summed E-state index contributed by atoms with van der Waals surface area (Å²) in [6.07, 6.45) is 3.96. The maximum atomic E-state index is 12.6. The van der Waals surface area contributed by atoms with Crippen molar-refractivity contribution in [2.45, 2.75) is 33.6 Å². The van der Waals surface area contributed by atoms with Crippen LogP contribution < -0.4 is 5.32 Å². The van der Waals surface area contributed by atoms with Gasteiger partial charge in [0.2, 0.25) is 0 Å². The van der Waals surface area contributed by atoms with Gasteiger partial charge in [0.1, 0.15) is 5.75 Å². The summed E-state index contributed by atoms with van der Waals surface area (Å²) >= 11 is 0. The quantitative estimate of drug-likeness (QED) is 0.636. The number of allylic oxidation sites excluding steroid dienone is 1. The summed E-state index contributed by atoms with van der Waals surface area (Å²) in [5.74, 6) is 0.891. The topological polar surface area (TPSA) is 49.3 Å². The van der Waals surface area contributed by atoms with E-state index in [1.165, 1.54) is 0 Å². The van der Waals surface area contributed by atoms with Gasteiger partial charge >= 0.3 is 0 Å². The zero-order valence-electron chi connectivity index (χ0n) is 12.2. The number of hydrogen-bond donors (Lipinski definition) is 2. The minimum Gasteiger partial charge on any atom is -0.508 e. The van der Waals surface area contributed by atoms with E-state index in [0.717, 1.165) is 24.1 Å². The lowest BCUT2D eigenvalue weighted by molar-refractivity contribution is -0.125. The molecule has 0 amide bonds. The van der Waals surface area contributed by atoms with Crippen molar-refractivity contribution in [3.8, 4) is 5.75 Å². The van der Waals surface area contributed by atoms with Crippen molar-refractivity contribution in [3.05, 3.63) is 36.0 Å². The van der Waals surface area contributed by atoms with E-state index in [9.17, 15) is 9.90 Å². The molecular formula is C17H21NO2. The molecule has 2 fully saturated rings. The van der Waals surface area contributed by atoms with Gasteiger partial charge in [-0.2, -0.15) is 0 Å². The Bertz CT molecular complexity index is 586. The van der Waals surface area contributed by atoms with E-state index < -0.39 is 0 Å². The fraction of sp³-hybridized carbons (Fsp3) is 0.471. The minimum atomic E-state index is -0.208. The van der Waals surface area contributed by atoms with Crippen molar-refractivity contribution in [2.75, 3.05) is 5.32 Å². The first kappa shape index (κ1) is 13.2. The number of hydrogen-bond acceptors (Lipinski definition) is 3. The van der Waals surface area contributed by atoms with Crippen LogP contribution in [-0.2, 0) is 4.79 Å². The van der Waals surface area contributed by atoms with Gasteiger partial charge in [-0.3, -0.25) is 4.79 Å². The fourth-order valence-electron chi connectivity index (χ4n) is 3.81. The maximum Gasteiger partial charge on any atom is 0.167 e. The molecule has 1 aromatic carbocycles. The van der Waals surface area contributed by atoms with Crippen molar-refractivity contribution in [1.82, 2.24) is 0 Å². The molecule has 0 spiro atoms. The number of rotatable bonds is 2. The van der Waals surface area contributed by atoms with Crippen LogP contribution >= 0.6 is 0 Å². The third kappa shape index (κ3) is 1.62. The highest BCUT2D eigenvalue weighted by molar-refractivity contribution is 6.04. The molecule has 3 nitrogen and oxygen atoms in total. The molecule has 0 aliphatic heterocycles. The third-order valence-electron chi connectivity index (χ3n) is 5.63. The van der Waals surface area contributed by atoms with Gasteiger partial charge in [-0.25, -0.2) is 0 Å². The molecular weight excluding hydrogens is 250 g/mol. The fourth-order valence-corrected chi connectivity index (χ4v) is 3.81. The number of phenolic OH excluding ortho intramolecular Hbond substituents is 1. The monoisotopic (exact) mass is 271 g/mol. The molecule has 20 heavy (non-hydrogen) atoms. The average molecular weight is 271 g/mol. The summed E-state index contributed by atoms with van der Waals surface area (Å²) in [6.45, 7) is 6.53. The SMILES string of the molecule is CC1(C)[C@@H]2CC[C@]1(C)C(=O)/C2=C\Nc1ccc(O)cc1. The standard InChI is InChI=1S/C17H21NO2/c1-16(2)14-8-9-17(16,3)15(20)13(14)10-18-11-4-6-12(19)7-5-11/h4-7,10,14,18-19H,8-9H2,1-3H3/b13-10-/t14-,17-/m1/s1. The minimum absolute atomic E-state index is 0.0482. The summed E-state index contributed by atoms with van der Waals surface area (Å²) in [5.41, 5.74) is 1.65. The summed E-state index contributed by atoms with van der Waals surface area (Å²) in [6, 6.07) is 6.87. The predicted octanol–water partition coefficient (Wildman–Crippen LogP) is 3.71. The molecule has 2 bridgehead atoms. The Morgan fingerprint density at radius 3 is 2.45 bits per heavy atom. The number of Topliss-reactive ketones (excluding diaryl/α,β-unsaturated/α-hetero) is 1. The Morgan fingerprint density at radius 1 is 1.25 bits per heavy atom. The van der Waals surface area contributed by atoms with Gasteiger partial charge in [-0.15, -0.1) is 0 Å². The lowest BCUT2D eigenvalue weighted by Crippen LogP contribution is -2.32. The second-order valence-electron chi connectivity index (χ2n) is 6.77. The van der Waals surface area contributed by atoms with Gasteiger partial charge in [0.05, 0.1) is 0 Å². The normalized spacial score (nSPS) is 32.9. The molecule has 0 heterocycles. The summed E-state index contributed by atoms with van der Waals surface area (Å²) in [7, 11) is 0. The van der Waals surface area contributed by atoms with Gasteiger partial charge in [-0.05, 0) is 48.4 Å². The van der Waals surface area contributed by atoms with Crippen LogP contribution in [0.15, 0.2) is 36.0 Å². The molecule has 2 aliphatic carbocycles. The average Bonchev–Trinajstić information content (AvgIpc) is 2.71. The van der Waals surface area contributed by atoms with Crippen LogP contribution in [0.3, 0.4) is 0 Å². The number of ketones is 1. The molecule has 0 saturated heterocycles. The van der Waals surface area contributed by atoms with E-state index >= 15 is 0 Å². The van der Waals surface area contributed by atoms with Gasteiger partial charge in [0.15, 0.2) is 5.78 Å². The van der Waals surface area contributed by atoms with E-state index in [4.69, 9.17) is 0 Å². The Morgan fingerprint density at radius 2 is 1.90 bits per heavy atom. The number of aromatic hydroxyl groups is 1. The highest BCUT2D eigenvalue weighted by Crippen LogP contribution is 2.65. The number of benzene rings is 1. The van der Waals surface area contributed by atoms with Gasteiger partial charge in [0.25, 0.3) is 0 Å². The Hall–Kier alpha value is -1.77. The highest BCUT2D eigenvalue weighted by Gasteiger charge is 2.63. The van der Waals surface area contributed by atoms with E-state index in [1.54, 1.807) is 24.3 Å². The van der Waals surface area contributed by atoms with Gasteiger partial charge < -0.3 is 10.4 Å². The van der Waals surface area contributed by atoms with Crippen LogP contribution in [0.25, 0.3) is 0 Å². The van der Waals surface area contributed by atoms with Crippen molar-refractivity contribution >= 4 is 11.5 Å². The smallest absolute Gasteiger partial charge is 0.167 e. The van der Waals surface area contributed by atoms with Crippen molar-refractivity contribution in [3.63, 3.8) is 0 Å². The number of anilines is 1. The van der Waals surface area contributed by atoms with Crippen molar-refractivity contribution < 1.29 is 9.90 Å². The van der Waals surface area contributed by atoms with Crippen LogP contribution in [0.5, 0.6) is 5.75 Å². The van der Waals surface area contributed by atoms with Crippen molar-refractivity contribution in [1.29, 1.82) is 0 Å². The zero-order valence-corrected chi connectivity index (χ0v) is 12.2. The van der Waals surface area contributed by atoms with Crippen LogP contribution in [0, 0.1) is 16.7 Å². The summed E-state index contributed by atoms with van der Waals surface area (Å²) in [5, 5.41) is 12.5. The molecule has 1 aromatic rings. The van der Waals surface area contributed by atoms with Crippen molar-refractivity contribution in [2.24, 2.45) is 16.7 Å². The molecule has 2 atom stereocenters. The Kier molecular flexibility index (Phi) is 2.72. The predicted molar refractivity (Wildman–Crippen MR) is 79.4 cm³/mol. The van der Waals surface area contributed by atoms with Crippen LogP contribution in [-0.4, -0.2) is 10.9 Å². The van der Waals surface area contributed by atoms with Crippen LogP contribution in [0.1, 0.15) is 33.6 Å². The molecule has 0 aromatic heterocycles. The van der Waals surface area contributed by atoms with E-state index in [2.05, 4.69) is 26.1 Å². The zero-order chi connectivity index (χ0) is 14.5.